The van der Waals surface area contributed by atoms with Gasteiger partial charge in [0.1, 0.15) is 0 Å². The fourth-order valence-electron chi connectivity index (χ4n) is 3.35. The largest absolute Gasteiger partial charge is 0.354 e. The van der Waals surface area contributed by atoms with E-state index in [0.717, 1.165) is 51.6 Å². The van der Waals surface area contributed by atoms with Crippen LogP contribution in [0.3, 0.4) is 0 Å². The maximum absolute atomic E-state index is 12.3. The standard InChI is InChI=1S/C17H32N4O2.ClH/c1-3-17(18,4-2)13-19-15(22)14-7-11-21(12-8-14)16(23)20-9-5-6-10-20;/h14H,3-13,18H2,1-2H3,(H,19,22);1H. The number of carbonyl (C=O) groups excluding carboxylic acids is 2. The Kier molecular flexibility index (Phi) is 8.30. The summed E-state index contributed by atoms with van der Waals surface area (Å²) >= 11 is 0. The first-order valence-electron chi connectivity index (χ1n) is 9.09. The highest BCUT2D eigenvalue weighted by Crippen LogP contribution is 2.20. The van der Waals surface area contributed by atoms with Gasteiger partial charge in [-0.15, -0.1) is 12.4 Å². The highest BCUT2D eigenvalue weighted by atomic mass is 35.5. The molecule has 0 aromatic rings. The van der Waals surface area contributed by atoms with Crippen LogP contribution in [0.5, 0.6) is 0 Å². The molecule has 0 aromatic heterocycles. The van der Waals surface area contributed by atoms with Crippen LogP contribution in [0.15, 0.2) is 0 Å². The molecule has 2 aliphatic heterocycles. The molecule has 3 amide bonds. The minimum atomic E-state index is -0.303. The molecule has 0 unspecified atom stereocenters. The second-order valence-electron chi connectivity index (χ2n) is 7.03. The van der Waals surface area contributed by atoms with E-state index in [1.165, 1.54) is 0 Å². The molecule has 0 spiro atoms. The number of hydrogen-bond donors (Lipinski definition) is 2. The Hall–Kier alpha value is -1.01. The number of halogens is 1. The van der Waals surface area contributed by atoms with Crippen molar-refractivity contribution in [1.29, 1.82) is 0 Å². The van der Waals surface area contributed by atoms with Gasteiger partial charge < -0.3 is 20.9 Å². The van der Waals surface area contributed by atoms with Crippen molar-refractivity contribution >= 4 is 24.3 Å². The van der Waals surface area contributed by atoms with E-state index in [9.17, 15) is 9.59 Å². The Morgan fingerprint density at radius 3 is 2.04 bits per heavy atom. The van der Waals surface area contributed by atoms with Gasteiger partial charge in [-0.05, 0) is 38.5 Å². The van der Waals surface area contributed by atoms with Gasteiger partial charge in [-0.3, -0.25) is 4.79 Å². The predicted molar refractivity (Wildman–Crippen MR) is 98.3 cm³/mol. The second kappa shape index (κ2) is 9.47. The number of carbonyl (C=O) groups is 2. The average molecular weight is 361 g/mol. The van der Waals surface area contributed by atoms with E-state index in [-0.39, 0.29) is 35.8 Å². The molecule has 0 aliphatic carbocycles. The lowest BCUT2D eigenvalue weighted by Gasteiger charge is -2.34. The van der Waals surface area contributed by atoms with Crippen molar-refractivity contribution in [2.24, 2.45) is 11.7 Å². The Morgan fingerprint density at radius 1 is 1.04 bits per heavy atom. The van der Waals surface area contributed by atoms with Gasteiger partial charge >= 0.3 is 6.03 Å². The number of likely N-dealkylation sites (tertiary alicyclic amines) is 2. The number of piperidine rings is 1. The average Bonchev–Trinajstić information content (AvgIpc) is 3.13. The molecular formula is C17H33ClN4O2. The van der Waals surface area contributed by atoms with Crippen molar-refractivity contribution in [3.05, 3.63) is 0 Å². The van der Waals surface area contributed by atoms with Gasteiger partial charge in [0.15, 0.2) is 0 Å². The molecule has 140 valence electrons. The molecule has 2 fully saturated rings. The van der Waals surface area contributed by atoms with Crippen LogP contribution in [-0.4, -0.2) is 60.0 Å². The van der Waals surface area contributed by atoms with Crippen molar-refractivity contribution in [2.75, 3.05) is 32.7 Å². The lowest BCUT2D eigenvalue weighted by atomic mass is 9.92. The zero-order valence-corrected chi connectivity index (χ0v) is 15.9. The number of amides is 3. The number of rotatable bonds is 5. The first kappa shape index (κ1) is 21.0. The number of urea groups is 1. The summed E-state index contributed by atoms with van der Waals surface area (Å²) in [5, 5.41) is 3.02. The zero-order chi connectivity index (χ0) is 16.9. The Morgan fingerprint density at radius 2 is 1.54 bits per heavy atom. The van der Waals surface area contributed by atoms with Gasteiger partial charge in [-0.1, -0.05) is 13.8 Å². The van der Waals surface area contributed by atoms with E-state index < -0.39 is 0 Å². The first-order valence-corrected chi connectivity index (χ1v) is 9.09. The maximum Gasteiger partial charge on any atom is 0.319 e. The predicted octanol–water partition coefficient (Wildman–Crippen LogP) is 1.97. The molecule has 0 atom stereocenters. The number of nitrogens with two attached hydrogens (primary N) is 1. The fraction of sp³-hybridized carbons (Fsp3) is 0.882. The molecule has 2 aliphatic rings. The van der Waals surface area contributed by atoms with Gasteiger partial charge in [0.25, 0.3) is 0 Å². The minimum absolute atomic E-state index is 0. The monoisotopic (exact) mass is 360 g/mol. The summed E-state index contributed by atoms with van der Waals surface area (Å²) in [6.45, 7) is 7.77. The van der Waals surface area contributed by atoms with Crippen LogP contribution < -0.4 is 11.1 Å². The van der Waals surface area contributed by atoms with Crippen LogP contribution in [-0.2, 0) is 4.79 Å². The molecule has 24 heavy (non-hydrogen) atoms. The molecule has 3 N–H and O–H groups in total. The highest BCUT2D eigenvalue weighted by Gasteiger charge is 2.31. The molecule has 0 bridgehead atoms. The lowest BCUT2D eigenvalue weighted by molar-refractivity contribution is -0.126. The Bertz CT molecular complexity index is 415. The van der Waals surface area contributed by atoms with E-state index in [2.05, 4.69) is 19.2 Å². The van der Waals surface area contributed by atoms with Crippen molar-refractivity contribution in [3.8, 4) is 0 Å². The van der Waals surface area contributed by atoms with E-state index in [4.69, 9.17) is 5.73 Å². The summed E-state index contributed by atoms with van der Waals surface area (Å²) in [6.07, 6.45) is 5.43. The van der Waals surface area contributed by atoms with E-state index >= 15 is 0 Å². The van der Waals surface area contributed by atoms with Gasteiger partial charge in [0.2, 0.25) is 5.91 Å². The summed E-state index contributed by atoms with van der Waals surface area (Å²) in [5.74, 6) is 0.102. The zero-order valence-electron chi connectivity index (χ0n) is 15.1. The van der Waals surface area contributed by atoms with E-state index in [1.807, 2.05) is 9.80 Å². The number of hydrogen-bond acceptors (Lipinski definition) is 3. The number of nitrogens with one attached hydrogen (secondary N) is 1. The van der Waals surface area contributed by atoms with Crippen molar-refractivity contribution in [3.63, 3.8) is 0 Å². The SMILES string of the molecule is CCC(N)(CC)CNC(=O)C1CCN(C(=O)N2CCCC2)CC1.Cl. The quantitative estimate of drug-likeness (QED) is 0.786. The molecule has 7 heteroatoms. The molecule has 2 heterocycles. The topological polar surface area (TPSA) is 78.7 Å². The molecule has 0 radical (unpaired) electrons. The molecular weight excluding hydrogens is 328 g/mol. The van der Waals surface area contributed by atoms with Crippen LogP contribution >= 0.6 is 12.4 Å². The maximum atomic E-state index is 12.3. The van der Waals surface area contributed by atoms with Gasteiger partial charge in [0, 0.05) is 44.2 Å². The number of nitrogens with zero attached hydrogens (tertiary/aromatic N) is 2. The van der Waals surface area contributed by atoms with Crippen LogP contribution in [0.25, 0.3) is 0 Å². The molecule has 0 aromatic carbocycles. The summed E-state index contributed by atoms with van der Waals surface area (Å²) in [5.41, 5.74) is 5.93. The van der Waals surface area contributed by atoms with Crippen LogP contribution in [0.1, 0.15) is 52.4 Å². The fourth-order valence-corrected chi connectivity index (χ4v) is 3.35. The third-order valence-corrected chi connectivity index (χ3v) is 5.54. The third kappa shape index (κ3) is 5.24. The van der Waals surface area contributed by atoms with Crippen molar-refractivity contribution in [2.45, 2.75) is 57.9 Å². The lowest BCUT2D eigenvalue weighted by Crippen LogP contribution is -2.52. The first-order chi connectivity index (χ1) is 11.0. The Balaban J connectivity index is 0.00000288. The third-order valence-electron chi connectivity index (χ3n) is 5.54. The summed E-state index contributed by atoms with van der Waals surface area (Å²) in [6, 6.07) is 0.152. The minimum Gasteiger partial charge on any atom is -0.354 e. The summed E-state index contributed by atoms with van der Waals surface area (Å²) in [7, 11) is 0. The van der Waals surface area contributed by atoms with Gasteiger partial charge in [-0.2, -0.15) is 0 Å². The highest BCUT2D eigenvalue weighted by molar-refractivity contribution is 5.85. The summed E-state index contributed by atoms with van der Waals surface area (Å²) in [4.78, 5) is 28.5. The second-order valence-corrected chi connectivity index (χ2v) is 7.03. The Labute approximate surface area is 151 Å². The van der Waals surface area contributed by atoms with Crippen LogP contribution in [0, 0.1) is 5.92 Å². The molecule has 2 rings (SSSR count). The van der Waals surface area contributed by atoms with Gasteiger partial charge in [-0.25, -0.2) is 4.79 Å². The van der Waals surface area contributed by atoms with Crippen LogP contribution in [0.4, 0.5) is 4.79 Å². The normalized spacial score (nSPS) is 19.1. The smallest absolute Gasteiger partial charge is 0.319 e. The molecule has 0 saturated carbocycles. The van der Waals surface area contributed by atoms with Crippen molar-refractivity contribution in [1.82, 2.24) is 15.1 Å². The van der Waals surface area contributed by atoms with Crippen LogP contribution in [0.2, 0.25) is 0 Å². The summed E-state index contributed by atoms with van der Waals surface area (Å²) < 4.78 is 0. The van der Waals surface area contributed by atoms with E-state index in [1.54, 1.807) is 0 Å². The molecule has 6 nitrogen and oxygen atoms in total. The van der Waals surface area contributed by atoms with Gasteiger partial charge in [0.05, 0.1) is 0 Å². The van der Waals surface area contributed by atoms with E-state index in [0.29, 0.717) is 19.6 Å². The molecule has 2 saturated heterocycles. The van der Waals surface area contributed by atoms with Crippen molar-refractivity contribution < 1.29 is 9.59 Å².